The Kier molecular flexibility index (Phi) is 15.0. The van der Waals surface area contributed by atoms with Crippen LogP contribution in [0.4, 0.5) is 10.1 Å². The highest BCUT2D eigenvalue weighted by Gasteiger charge is 2.37. The average molecular weight is 1020 g/mol. The summed E-state index contributed by atoms with van der Waals surface area (Å²) < 4.78 is 30.8. The van der Waals surface area contributed by atoms with Crippen molar-refractivity contribution in [2.45, 2.75) is 72.0 Å². The highest BCUT2D eigenvalue weighted by atomic mass is 19.1. The van der Waals surface area contributed by atoms with Gasteiger partial charge < -0.3 is 43.7 Å². The number of halogens is 1. The first-order valence-electron chi connectivity index (χ1n) is 26.4. The fourth-order valence-electron chi connectivity index (χ4n) is 11.5. The van der Waals surface area contributed by atoms with Gasteiger partial charge in [-0.3, -0.25) is 19.3 Å². The van der Waals surface area contributed by atoms with E-state index in [4.69, 9.17) is 9.47 Å². The average Bonchev–Trinajstić information content (AvgIpc) is 3.87. The van der Waals surface area contributed by atoms with Crippen LogP contribution in [-0.4, -0.2) is 123 Å². The molecule has 10 rings (SSSR count). The van der Waals surface area contributed by atoms with Gasteiger partial charge in [0.05, 0.1) is 30.9 Å². The zero-order valence-electron chi connectivity index (χ0n) is 43.8. The predicted octanol–water partition coefficient (Wildman–Crippen LogP) is 8.42. The third-order valence-corrected chi connectivity index (χ3v) is 16.3. The first-order chi connectivity index (χ1) is 36.2. The van der Waals surface area contributed by atoms with Gasteiger partial charge in [-0.1, -0.05) is 37.3 Å². The van der Waals surface area contributed by atoms with Crippen molar-refractivity contribution in [1.29, 1.82) is 5.26 Å². The van der Waals surface area contributed by atoms with Gasteiger partial charge in [0.2, 0.25) is 5.91 Å². The van der Waals surface area contributed by atoms with Crippen LogP contribution in [0.5, 0.6) is 11.5 Å². The number of rotatable bonds is 13. The van der Waals surface area contributed by atoms with E-state index in [1.165, 1.54) is 23.8 Å². The number of fused-ring (bicyclic) bond motifs is 2. The number of ether oxygens (including phenoxy) is 2. The molecule has 0 unspecified atom stereocenters. The SMILES string of the molecule is Cc1c(-c2c(C(=O)Nc3ccc(O)cc3)c(C)n(C)c2-c2cc3c(cc2C(=O)N2Cc4ccccc4C[C@H]2CN2CCC(C)CC2)CN(C(=O)Cc2ccc(OCCN4CCOCC4)cc2F)CC3)cc(C#N)n1C. The molecule has 14 nitrogen and oxygen atoms in total. The number of hydrogen-bond donors (Lipinski definition) is 2. The number of nitriles is 1. The molecule has 4 aliphatic heterocycles. The van der Waals surface area contributed by atoms with Gasteiger partial charge in [-0.25, -0.2) is 4.39 Å². The maximum Gasteiger partial charge on any atom is 0.258 e. The number of aromatic hydroxyl groups is 1. The zero-order valence-corrected chi connectivity index (χ0v) is 43.8. The second-order valence-corrected chi connectivity index (χ2v) is 21.0. The summed E-state index contributed by atoms with van der Waals surface area (Å²) in [6, 6.07) is 27.4. The van der Waals surface area contributed by atoms with Crippen molar-refractivity contribution < 1.29 is 33.4 Å². The summed E-state index contributed by atoms with van der Waals surface area (Å²) in [5, 5.41) is 23.4. The molecule has 2 aromatic heterocycles. The van der Waals surface area contributed by atoms with E-state index in [0.717, 1.165) is 67.9 Å². The molecular weight excluding hydrogens is 948 g/mol. The summed E-state index contributed by atoms with van der Waals surface area (Å²) in [4.78, 5) is 53.7. The number of anilines is 1. The van der Waals surface area contributed by atoms with Crippen molar-refractivity contribution in [3.05, 3.63) is 147 Å². The number of benzene rings is 4. The van der Waals surface area contributed by atoms with Crippen LogP contribution in [0.1, 0.15) is 85.4 Å². The molecule has 1 atom stereocenters. The Balaban J connectivity index is 1.04. The lowest BCUT2D eigenvalue weighted by atomic mass is 9.87. The van der Waals surface area contributed by atoms with E-state index in [2.05, 4.69) is 52.4 Å². The van der Waals surface area contributed by atoms with Crippen LogP contribution in [0.2, 0.25) is 0 Å². The van der Waals surface area contributed by atoms with Crippen molar-refractivity contribution in [3.8, 4) is 40.0 Å². The number of morpholine rings is 1. The fourth-order valence-corrected chi connectivity index (χ4v) is 11.5. The van der Waals surface area contributed by atoms with Crippen molar-refractivity contribution >= 4 is 23.4 Å². The van der Waals surface area contributed by atoms with E-state index in [1.807, 2.05) is 60.2 Å². The van der Waals surface area contributed by atoms with Crippen molar-refractivity contribution in [2.75, 3.05) is 71.0 Å². The second-order valence-electron chi connectivity index (χ2n) is 21.0. The van der Waals surface area contributed by atoms with Crippen LogP contribution in [0.3, 0.4) is 0 Å². The second kappa shape index (κ2) is 21.9. The Morgan fingerprint density at radius 2 is 1.57 bits per heavy atom. The molecular formula is C60H67FN8O6. The van der Waals surface area contributed by atoms with Crippen molar-refractivity contribution in [2.24, 2.45) is 20.0 Å². The molecule has 2 saturated heterocycles. The van der Waals surface area contributed by atoms with Gasteiger partial charge in [0.25, 0.3) is 11.8 Å². The highest BCUT2D eigenvalue weighted by molar-refractivity contribution is 6.14. The Hall–Kier alpha value is -7.25. The Labute approximate surface area is 438 Å². The molecule has 0 aliphatic carbocycles. The molecule has 4 aromatic carbocycles. The summed E-state index contributed by atoms with van der Waals surface area (Å²) in [6.45, 7) is 14.0. The van der Waals surface area contributed by atoms with E-state index >= 15 is 9.18 Å². The normalized spacial score (nSPS) is 17.3. The lowest BCUT2D eigenvalue weighted by Gasteiger charge is -2.41. The first-order valence-corrected chi connectivity index (χ1v) is 26.4. The van der Waals surface area contributed by atoms with Crippen molar-refractivity contribution in [1.82, 2.24) is 28.7 Å². The van der Waals surface area contributed by atoms with Crippen LogP contribution in [-0.2, 0) is 56.0 Å². The molecule has 75 heavy (non-hydrogen) atoms. The van der Waals surface area contributed by atoms with Crippen LogP contribution < -0.4 is 10.1 Å². The number of phenolic OH excluding ortho intramolecular Hbond substituents is 1. The largest absolute Gasteiger partial charge is 0.508 e. The minimum absolute atomic E-state index is 0.0678. The Bertz CT molecular complexity index is 3180. The van der Waals surface area contributed by atoms with E-state index in [0.29, 0.717) is 115 Å². The number of carbonyl (C=O) groups excluding carboxylic acids is 3. The van der Waals surface area contributed by atoms with Gasteiger partial charge in [-0.05, 0) is 135 Å². The van der Waals surface area contributed by atoms with Crippen LogP contribution >= 0.6 is 0 Å². The van der Waals surface area contributed by atoms with Gasteiger partial charge in [0, 0.05) is 111 Å². The maximum atomic E-state index is 16.1. The number of amides is 3. The summed E-state index contributed by atoms with van der Waals surface area (Å²) >= 11 is 0. The molecule has 2 fully saturated rings. The molecule has 3 amide bonds. The lowest BCUT2D eigenvalue weighted by molar-refractivity contribution is -0.131. The molecule has 15 heteroatoms. The van der Waals surface area contributed by atoms with E-state index in [1.54, 1.807) is 29.2 Å². The van der Waals surface area contributed by atoms with Gasteiger partial charge >= 0.3 is 0 Å². The molecule has 390 valence electrons. The number of nitrogens with zero attached hydrogens (tertiary/aromatic N) is 7. The number of hydrogen-bond acceptors (Lipinski definition) is 9. The van der Waals surface area contributed by atoms with Gasteiger partial charge in [0.1, 0.15) is 35.7 Å². The summed E-state index contributed by atoms with van der Waals surface area (Å²) in [5.41, 5.74) is 10.1. The summed E-state index contributed by atoms with van der Waals surface area (Å²) in [7, 11) is 3.73. The Morgan fingerprint density at radius 1 is 0.827 bits per heavy atom. The standard InChI is InChI=1S/C60H67FN8O6/c1-38-16-19-67(20-17-38)37-48-28-41-8-6-7-9-44(41)36-69(48)60(73)53-30-45-35-68(55(71)31-43-10-15-50(33-54(43)61)75-27-24-66-22-25-74-26-23-66)21-18-42(45)29-52(53)58-57(51-32-47(34-62)64(4)39(51)2)56(40(3)65(58)5)59(72)63-46-11-13-49(70)14-12-46/h6-15,29-30,32-33,38,48,70H,16-28,31,35-37H2,1-5H3,(H,63,72)/t48-/m0/s1. The fraction of sp³-hybridized carbons (Fsp3) is 0.400. The maximum absolute atomic E-state index is 16.1. The van der Waals surface area contributed by atoms with E-state index in [9.17, 15) is 20.0 Å². The van der Waals surface area contributed by atoms with Crippen LogP contribution in [0, 0.1) is 36.9 Å². The molecule has 4 aliphatic rings. The first kappa shape index (κ1) is 51.2. The summed E-state index contributed by atoms with van der Waals surface area (Å²) in [5.74, 6) is -0.132. The number of likely N-dealkylation sites (tertiary alicyclic amines) is 1. The molecule has 0 bridgehead atoms. The monoisotopic (exact) mass is 1010 g/mol. The third-order valence-electron chi connectivity index (χ3n) is 16.3. The van der Waals surface area contributed by atoms with Crippen LogP contribution in [0.25, 0.3) is 22.4 Å². The molecule has 0 spiro atoms. The minimum Gasteiger partial charge on any atom is -0.508 e. The highest BCUT2D eigenvalue weighted by Crippen LogP contribution is 2.44. The third kappa shape index (κ3) is 10.7. The van der Waals surface area contributed by atoms with E-state index < -0.39 is 5.82 Å². The number of phenols is 1. The lowest BCUT2D eigenvalue weighted by Crippen LogP contribution is -2.51. The molecule has 0 radical (unpaired) electrons. The van der Waals surface area contributed by atoms with Gasteiger partial charge in [-0.2, -0.15) is 5.26 Å². The summed E-state index contributed by atoms with van der Waals surface area (Å²) in [6.07, 6.45) is 3.25. The minimum atomic E-state index is -0.501. The van der Waals surface area contributed by atoms with Crippen molar-refractivity contribution in [3.63, 3.8) is 0 Å². The number of aromatic nitrogens is 2. The van der Waals surface area contributed by atoms with E-state index in [-0.39, 0.29) is 48.0 Å². The van der Waals surface area contributed by atoms with Gasteiger partial charge in [0.15, 0.2) is 0 Å². The van der Waals surface area contributed by atoms with Gasteiger partial charge in [-0.15, -0.1) is 0 Å². The Morgan fingerprint density at radius 3 is 2.29 bits per heavy atom. The number of piperidine rings is 1. The van der Waals surface area contributed by atoms with Crippen LogP contribution in [0.15, 0.2) is 84.9 Å². The predicted molar refractivity (Wildman–Crippen MR) is 286 cm³/mol. The number of carbonyl (C=O) groups is 3. The molecule has 0 saturated carbocycles. The smallest absolute Gasteiger partial charge is 0.258 e. The quantitative estimate of drug-likeness (QED) is 0.109. The molecule has 6 heterocycles. The zero-order chi connectivity index (χ0) is 52.5. The topological polar surface area (TPSA) is 149 Å². The molecule has 2 N–H and O–H groups in total. The number of nitrogens with one attached hydrogen (secondary N) is 1. The molecule has 6 aromatic rings.